The lowest BCUT2D eigenvalue weighted by Crippen LogP contribution is -2.06. The minimum Gasteiger partial charge on any atom is -0.478 e. The average molecular weight is 363 g/mol. The molecule has 4 aromatic rings. The summed E-state index contributed by atoms with van der Waals surface area (Å²) in [5, 5.41) is 12.3. The summed E-state index contributed by atoms with van der Waals surface area (Å²) in [7, 11) is 0. The van der Waals surface area contributed by atoms with Crippen LogP contribution in [0.3, 0.4) is 0 Å². The molecule has 26 heavy (non-hydrogen) atoms. The number of rotatable bonds is 5. The third-order valence-corrected chi connectivity index (χ3v) is 5.09. The molecule has 6 heteroatoms. The number of fused-ring (bicyclic) bond motifs is 1. The lowest BCUT2D eigenvalue weighted by molar-refractivity contribution is 0.0697. The molecule has 0 bridgehead atoms. The number of hydrogen-bond acceptors (Lipinski definition) is 4. The van der Waals surface area contributed by atoms with Crippen LogP contribution in [-0.2, 0) is 13.0 Å². The highest BCUT2D eigenvalue weighted by Gasteiger charge is 2.15. The molecule has 5 nitrogen and oxygen atoms in total. The Morgan fingerprint density at radius 3 is 2.65 bits per heavy atom. The molecule has 130 valence electrons. The fraction of sp³-hybridized carbons (Fsp3) is 0.150. The van der Waals surface area contributed by atoms with E-state index in [1.807, 2.05) is 36.6 Å². The molecule has 0 radical (unpaired) electrons. The van der Waals surface area contributed by atoms with E-state index in [1.54, 1.807) is 23.5 Å². The number of carboxylic acids is 1. The molecule has 0 aliphatic carbocycles. The van der Waals surface area contributed by atoms with Crippen molar-refractivity contribution in [3.8, 4) is 0 Å². The van der Waals surface area contributed by atoms with Gasteiger partial charge in [-0.05, 0) is 30.7 Å². The van der Waals surface area contributed by atoms with Gasteiger partial charge in [0.1, 0.15) is 5.82 Å². The fourth-order valence-corrected chi connectivity index (χ4v) is 3.65. The van der Waals surface area contributed by atoms with Crippen LogP contribution in [0.15, 0.2) is 53.9 Å². The first-order valence-corrected chi connectivity index (χ1v) is 9.15. The fourth-order valence-electron chi connectivity index (χ4n) is 3.04. The molecule has 4 rings (SSSR count). The Morgan fingerprint density at radius 2 is 1.96 bits per heavy atom. The van der Waals surface area contributed by atoms with Crippen LogP contribution in [0.5, 0.6) is 0 Å². The van der Waals surface area contributed by atoms with Crippen molar-refractivity contribution >= 4 is 28.3 Å². The van der Waals surface area contributed by atoms with Gasteiger partial charge in [0, 0.05) is 18.3 Å². The van der Waals surface area contributed by atoms with Crippen molar-refractivity contribution in [3.63, 3.8) is 0 Å². The van der Waals surface area contributed by atoms with Gasteiger partial charge in [-0.15, -0.1) is 11.3 Å². The number of carboxylic acid groups (broad SMARTS) is 1. The minimum absolute atomic E-state index is 0.248. The van der Waals surface area contributed by atoms with E-state index in [9.17, 15) is 9.90 Å². The first-order chi connectivity index (χ1) is 12.6. The molecule has 2 aromatic carbocycles. The minimum atomic E-state index is -0.943. The van der Waals surface area contributed by atoms with E-state index in [2.05, 4.69) is 21.7 Å². The van der Waals surface area contributed by atoms with Gasteiger partial charge in [0.05, 0.1) is 27.3 Å². The lowest BCUT2D eigenvalue weighted by Gasteiger charge is -2.09. The van der Waals surface area contributed by atoms with Crippen molar-refractivity contribution in [1.29, 1.82) is 0 Å². The zero-order valence-corrected chi connectivity index (χ0v) is 15.0. The van der Waals surface area contributed by atoms with Crippen LogP contribution in [0.2, 0.25) is 0 Å². The predicted octanol–water partition coefficient (Wildman–Crippen LogP) is 4.14. The number of imidazole rings is 1. The number of aryl methyl sites for hydroxylation is 1. The SMILES string of the molecule is Cc1nc(Cc2nc3cc(C(=O)O)ccc3n2Cc2ccccc2)cs1. The lowest BCUT2D eigenvalue weighted by atomic mass is 10.2. The Kier molecular flexibility index (Phi) is 4.26. The largest absolute Gasteiger partial charge is 0.478 e. The van der Waals surface area contributed by atoms with Gasteiger partial charge in [0.2, 0.25) is 0 Å². The Hall–Kier alpha value is -2.99. The van der Waals surface area contributed by atoms with Gasteiger partial charge in [0.25, 0.3) is 0 Å². The number of nitrogens with zero attached hydrogens (tertiary/aromatic N) is 3. The highest BCUT2D eigenvalue weighted by atomic mass is 32.1. The Labute approximate surface area is 154 Å². The van der Waals surface area contributed by atoms with E-state index < -0.39 is 5.97 Å². The summed E-state index contributed by atoms with van der Waals surface area (Å²) >= 11 is 1.62. The van der Waals surface area contributed by atoms with Crippen molar-refractivity contribution in [2.24, 2.45) is 0 Å². The summed E-state index contributed by atoms with van der Waals surface area (Å²) in [6.45, 7) is 2.67. The maximum Gasteiger partial charge on any atom is 0.335 e. The first kappa shape index (κ1) is 16.5. The van der Waals surface area contributed by atoms with E-state index in [-0.39, 0.29) is 5.56 Å². The van der Waals surface area contributed by atoms with Crippen LogP contribution in [-0.4, -0.2) is 25.6 Å². The summed E-state index contributed by atoms with van der Waals surface area (Å²) in [4.78, 5) is 20.5. The molecule has 0 saturated carbocycles. The molecule has 2 heterocycles. The van der Waals surface area contributed by atoms with Crippen molar-refractivity contribution in [2.45, 2.75) is 19.9 Å². The normalized spacial score (nSPS) is 11.1. The quantitative estimate of drug-likeness (QED) is 0.579. The summed E-state index contributed by atoms with van der Waals surface area (Å²) < 4.78 is 2.14. The molecule has 2 aromatic heterocycles. The number of aromatic carboxylic acids is 1. The van der Waals surface area contributed by atoms with Gasteiger partial charge >= 0.3 is 5.97 Å². The van der Waals surface area contributed by atoms with Crippen LogP contribution in [0.1, 0.15) is 32.4 Å². The Bertz CT molecular complexity index is 1080. The summed E-state index contributed by atoms with van der Waals surface area (Å²) in [5.74, 6) is -0.0575. The molecule has 0 unspecified atom stereocenters. The van der Waals surface area contributed by atoms with Gasteiger partial charge in [0.15, 0.2) is 0 Å². The number of hydrogen-bond donors (Lipinski definition) is 1. The number of aromatic nitrogens is 3. The second-order valence-corrected chi connectivity index (χ2v) is 7.21. The maximum absolute atomic E-state index is 11.3. The second kappa shape index (κ2) is 6.72. The summed E-state index contributed by atoms with van der Waals surface area (Å²) in [5.41, 5.74) is 4.03. The Balaban J connectivity index is 1.81. The highest BCUT2D eigenvalue weighted by Crippen LogP contribution is 2.22. The maximum atomic E-state index is 11.3. The van der Waals surface area contributed by atoms with Crippen molar-refractivity contribution in [3.05, 3.63) is 81.6 Å². The van der Waals surface area contributed by atoms with Gasteiger partial charge in [-0.3, -0.25) is 0 Å². The zero-order valence-electron chi connectivity index (χ0n) is 14.2. The Morgan fingerprint density at radius 1 is 1.15 bits per heavy atom. The topological polar surface area (TPSA) is 68.0 Å². The number of thiazole rings is 1. The van der Waals surface area contributed by atoms with E-state index in [4.69, 9.17) is 4.98 Å². The van der Waals surface area contributed by atoms with Gasteiger partial charge in [-0.2, -0.15) is 0 Å². The molecule has 0 aliphatic rings. The van der Waals surface area contributed by atoms with Gasteiger partial charge in [-0.1, -0.05) is 30.3 Å². The molecule has 0 aliphatic heterocycles. The van der Waals surface area contributed by atoms with Crippen molar-refractivity contribution < 1.29 is 9.90 Å². The molecule has 0 saturated heterocycles. The molecule has 0 atom stereocenters. The van der Waals surface area contributed by atoms with E-state index >= 15 is 0 Å². The monoisotopic (exact) mass is 363 g/mol. The molecule has 0 spiro atoms. The molecule has 0 amide bonds. The van der Waals surface area contributed by atoms with Crippen molar-refractivity contribution in [1.82, 2.24) is 14.5 Å². The van der Waals surface area contributed by atoms with Gasteiger partial charge < -0.3 is 9.67 Å². The molecule has 1 N–H and O–H groups in total. The zero-order chi connectivity index (χ0) is 18.1. The van der Waals surface area contributed by atoms with Crippen LogP contribution < -0.4 is 0 Å². The average Bonchev–Trinajstić information content (AvgIpc) is 3.19. The van der Waals surface area contributed by atoms with E-state index in [0.29, 0.717) is 18.5 Å². The predicted molar refractivity (Wildman–Crippen MR) is 102 cm³/mol. The molecular formula is C20H17N3O2S. The molecule has 0 fully saturated rings. The number of carbonyl (C=O) groups is 1. The summed E-state index contributed by atoms with van der Waals surface area (Å²) in [6.07, 6.45) is 0.619. The van der Waals surface area contributed by atoms with E-state index in [0.717, 1.165) is 22.0 Å². The van der Waals surface area contributed by atoms with Crippen LogP contribution in [0, 0.1) is 6.92 Å². The van der Waals surface area contributed by atoms with Crippen LogP contribution in [0.4, 0.5) is 0 Å². The third kappa shape index (κ3) is 3.23. The second-order valence-electron chi connectivity index (χ2n) is 6.14. The van der Waals surface area contributed by atoms with Crippen LogP contribution >= 0.6 is 11.3 Å². The standard InChI is InChI=1S/C20H17N3O2S/c1-13-21-16(12-26-13)10-19-22-17-9-15(20(24)25)7-8-18(17)23(19)11-14-5-3-2-4-6-14/h2-9,12H,10-11H2,1H3,(H,24,25). The molecular weight excluding hydrogens is 346 g/mol. The van der Waals surface area contributed by atoms with Crippen molar-refractivity contribution in [2.75, 3.05) is 0 Å². The highest BCUT2D eigenvalue weighted by molar-refractivity contribution is 7.09. The third-order valence-electron chi connectivity index (χ3n) is 4.26. The van der Waals surface area contributed by atoms with Crippen LogP contribution in [0.25, 0.3) is 11.0 Å². The van der Waals surface area contributed by atoms with Gasteiger partial charge in [-0.25, -0.2) is 14.8 Å². The van der Waals surface area contributed by atoms with E-state index in [1.165, 1.54) is 5.56 Å². The summed E-state index contributed by atoms with van der Waals surface area (Å²) in [6, 6.07) is 15.3. The number of benzene rings is 2. The smallest absolute Gasteiger partial charge is 0.335 e. The first-order valence-electron chi connectivity index (χ1n) is 8.27.